The van der Waals surface area contributed by atoms with E-state index < -0.39 is 0 Å². The molecule has 6 heteroatoms. The van der Waals surface area contributed by atoms with Crippen molar-refractivity contribution in [3.05, 3.63) is 17.5 Å². The van der Waals surface area contributed by atoms with Gasteiger partial charge in [0, 0.05) is 9.40 Å². The van der Waals surface area contributed by atoms with Gasteiger partial charge in [-0.2, -0.15) is 0 Å². The van der Waals surface area contributed by atoms with Crippen molar-refractivity contribution in [2.75, 3.05) is 5.73 Å². The molecule has 5 aromatic heterocycles. The lowest BCUT2D eigenvalue weighted by Gasteiger charge is -1.78. The third-order valence-electron chi connectivity index (χ3n) is 3.01. The molecule has 0 saturated carbocycles. The van der Waals surface area contributed by atoms with Crippen LogP contribution in [0.1, 0.15) is 0 Å². The summed E-state index contributed by atoms with van der Waals surface area (Å²) in [5.74, 6) is 0. The van der Waals surface area contributed by atoms with Gasteiger partial charge in [-0.3, -0.25) is 0 Å². The SMILES string of the molecule is Nc1cc2sc3c(sc4c5sccc5sc43)c2s1. The van der Waals surface area contributed by atoms with E-state index >= 15 is 0 Å². The quantitative estimate of drug-likeness (QED) is 0.361. The van der Waals surface area contributed by atoms with E-state index in [4.69, 9.17) is 5.73 Å². The van der Waals surface area contributed by atoms with Gasteiger partial charge in [-0.1, -0.05) is 0 Å². The Bertz CT molecular complexity index is 1030. The van der Waals surface area contributed by atoms with Gasteiger partial charge in [-0.05, 0) is 17.5 Å². The van der Waals surface area contributed by atoms with E-state index in [0.29, 0.717) is 0 Å². The summed E-state index contributed by atoms with van der Waals surface area (Å²) < 4.78 is 11.5. The topological polar surface area (TPSA) is 26.0 Å². The molecule has 5 heterocycles. The number of hydrogen-bond donors (Lipinski definition) is 1. The van der Waals surface area contributed by atoms with E-state index in [0.717, 1.165) is 5.00 Å². The number of thiophene rings is 5. The first-order valence-electron chi connectivity index (χ1n) is 5.31. The first-order valence-corrected chi connectivity index (χ1v) is 9.46. The first-order chi connectivity index (χ1) is 8.81. The Morgan fingerprint density at radius 1 is 0.722 bits per heavy atom. The molecule has 5 aromatic rings. The molecule has 1 nitrogen and oxygen atoms in total. The predicted octanol–water partition coefficient (Wildman–Crippen LogP) is 6.19. The Kier molecular flexibility index (Phi) is 1.84. The molecule has 0 aliphatic heterocycles. The highest BCUT2D eigenvalue weighted by Gasteiger charge is 2.18. The maximum absolute atomic E-state index is 5.90. The van der Waals surface area contributed by atoms with Crippen molar-refractivity contribution in [1.82, 2.24) is 0 Å². The zero-order valence-electron chi connectivity index (χ0n) is 8.85. The second-order valence-corrected chi connectivity index (χ2v) is 9.20. The van der Waals surface area contributed by atoms with Crippen molar-refractivity contribution >= 4 is 99.3 Å². The Morgan fingerprint density at radius 3 is 2.33 bits per heavy atom. The van der Waals surface area contributed by atoms with Crippen LogP contribution in [-0.4, -0.2) is 0 Å². The molecule has 0 spiro atoms. The molecular weight excluding hydrogens is 318 g/mol. The van der Waals surface area contributed by atoms with E-state index in [1.807, 2.05) is 45.3 Å². The molecule has 0 fully saturated rings. The van der Waals surface area contributed by atoms with Crippen molar-refractivity contribution in [2.24, 2.45) is 0 Å². The van der Waals surface area contributed by atoms with Crippen LogP contribution in [0.3, 0.4) is 0 Å². The molecule has 2 N–H and O–H groups in total. The highest BCUT2D eigenvalue weighted by molar-refractivity contribution is 7.48. The summed E-state index contributed by atoms with van der Waals surface area (Å²) in [5, 5.41) is 3.11. The van der Waals surface area contributed by atoms with Gasteiger partial charge in [-0.15, -0.1) is 56.7 Å². The van der Waals surface area contributed by atoms with Gasteiger partial charge < -0.3 is 5.73 Å². The lowest BCUT2D eigenvalue weighted by Crippen LogP contribution is -1.72. The van der Waals surface area contributed by atoms with Gasteiger partial charge in [0.25, 0.3) is 0 Å². The van der Waals surface area contributed by atoms with E-state index in [1.165, 1.54) is 37.6 Å². The van der Waals surface area contributed by atoms with Crippen LogP contribution in [0, 0.1) is 0 Å². The van der Waals surface area contributed by atoms with Crippen LogP contribution >= 0.6 is 56.7 Å². The monoisotopic (exact) mass is 323 g/mol. The molecule has 0 radical (unpaired) electrons. The van der Waals surface area contributed by atoms with Gasteiger partial charge in [0.15, 0.2) is 0 Å². The summed E-state index contributed by atoms with van der Waals surface area (Å²) in [4.78, 5) is 0. The van der Waals surface area contributed by atoms with Crippen molar-refractivity contribution in [3.63, 3.8) is 0 Å². The van der Waals surface area contributed by atoms with E-state index in [-0.39, 0.29) is 0 Å². The largest absolute Gasteiger partial charge is 0.391 e. The second kappa shape index (κ2) is 3.26. The number of anilines is 1. The van der Waals surface area contributed by atoms with Crippen molar-refractivity contribution in [3.8, 4) is 0 Å². The minimum absolute atomic E-state index is 0.927. The van der Waals surface area contributed by atoms with Gasteiger partial charge >= 0.3 is 0 Å². The average molecular weight is 324 g/mol. The van der Waals surface area contributed by atoms with Gasteiger partial charge in [0.05, 0.1) is 33.2 Å². The maximum Gasteiger partial charge on any atom is 0.0877 e. The minimum atomic E-state index is 0.927. The standard InChI is InChI=1S/C12H5NS5/c13-6-3-5-8(17-6)10-12(16-5)11-9(18-10)7-4(15-11)1-2-14-7/h1-3H,13H2. The zero-order chi connectivity index (χ0) is 11.9. The second-order valence-electron chi connectivity index (χ2n) is 4.08. The van der Waals surface area contributed by atoms with E-state index in [1.54, 1.807) is 11.3 Å². The fraction of sp³-hybridized carbons (Fsp3) is 0. The van der Waals surface area contributed by atoms with Crippen molar-refractivity contribution in [1.29, 1.82) is 0 Å². The van der Waals surface area contributed by atoms with E-state index in [2.05, 4.69) is 17.5 Å². The third-order valence-corrected chi connectivity index (χ3v) is 9.38. The lowest BCUT2D eigenvalue weighted by molar-refractivity contribution is 2.02. The number of hydrogen-bond acceptors (Lipinski definition) is 6. The summed E-state index contributed by atoms with van der Waals surface area (Å²) in [6.45, 7) is 0. The van der Waals surface area contributed by atoms with Crippen LogP contribution in [0.5, 0.6) is 0 Å². The number of fused-ring (bicyclic) bond motifs is 7. The van der Waals surface area contributed by atoms with Crippen molar-refractivity contribution in [2.45, 2.75) is 0 Å². The Hall–Kier alpha value is -0.660. The summed E-state index contributed by atoms with van der Waals surface area (Å²) >= 11 is 9.34. The first kappa shape index (κ1) is 10.2. The molecule has 0 saturated heterocycles. The Morgan fingerprint density at radius 2 is 1.44 bits per heavy atom. The summed E-state index contributed by atoms with van der Waals surface area (Å²) in [6, 6.07) is 4.34. The maximum atomic E-state index is 5.90. The molecule has 5 rings (SSSR count). The van der Waals surface area contributed by atoms with Crippen LogP contribution in [0.15, 0.2) is 17.5 Å². The molecule has 0 aliphatic rings. The molecular formula is C12H5NS5. The molecule has 18 heavy (non-hydrogen) atoms. The van der Waals surface area contributed by atoms with Gasteiger partial charge in [0.1, 0.15) is 0 Å². The van der Waals surface area contributed by atoms with Crippen LogP contribution in [0.4, 0.5) is 5.00 Å². The minimum Gasteiger partial charge on any atom is -0.391 e. The third kappa shape index (κ3) is 1.11. The van der Waals surface area contributed by atoms with Gasteiger partial charge in [-0.25, -0.2) is 0 Å². The number of nitrogen functional groups attached to an aromatic ring is 1. The van der Waals surface area contributed by atoms with E-state index in [9.17, 15) is 0 Å². The molecule has 0 unspecified atom stereocenters. The predicted molar refractivity (Wildman–Crippen MR) is 90.3 cm³/mol. The number of rotatable bonds is 0. The van der Waals surface area contributed by atoms with Crippen LogP contribution in [0.2, 0.25) is 0 Å². The van der Waals surface area contributed by atoms with Gasteiger partial charge in [0.2, 0.25) is 0 Å². The fourth-order valence-electron chi connectivity index (χ4n) is 2.28. The average Bonchev–Trinajstić information content (AvgIpc) is 3.01. The highest BCUT2D eigenvalue weighted by atomic mass is 32.1. The molecule has 88 valence electrons. The van der Waals surface area contributed by atoms with Crippen LogP contribution in [-0.2, 0) is 0 Å². The van der Waals surface area contributed by atoms with Crippen LogP contribution < -0.4 is 5.73 Å². The molecule has 0 bridgehead atoms. The van der Waals surface area contributed by atoms with Crippen LogP contribution in [0.25, 0.3) is 37.6 Å². The highest BCUT2D eigenvalue weighted by Crippen LogP contribution is 2.52. The summed E-state index contributed by atoms with van der Waals surface area (Å²) in [5.41, 5.74) is 5.90. The molecule has 0 aliphatic carbocycles. The lowest BCUT2D eigenvalue weighted by atomic mass is 10.4. The zero-order valence-corrected chi connectivity index (χ0v) is 12.9. The summed E-state index contributed by atoms with van der Waals surface area (Å²) in [7, 11) is 0. The molecule has 0 aromatic carbocycles. The Balaban J connectivity index is 2.10. The fourth-order valence-corrected chi connectivity index (χ4v) is 9.04. The summed E-state index contributed by atoms with van der Waals surface area (Å²) in [6.07, 6.45) is 0. The smallest absolute Gasteiger partial charge is 0.0877 e. The Labute approximate surface area is 122 Å². The van der Waals surface area contributed by atoms with Crippen molar-refractivity contribution < 1.29 is 0 Å². The number of nitrogens with two attached hydrogens (primary N) is 1. The molecule has 0 amide bonds. The molecule has 0 atom stereocenters. The normalized spacial score (nSPS) is 12.7.